The Kier molecular flexibility index (Phi) is 5.16. The number of benzene rings is 1. The third-order valence-corrected chi connectivity index (χ3v) is 5.63. The number of aromatic nitrogens is 2. The van der Waals surface area contributed by atoms with Gasteiger partial charge in [-0.2, -0.15) is 5.10 Å². The normalized spacial score (nSPS) is 20.0. The zero-order valence-electron chi connectivity index (χ0n) is 15.2. The van der Waals surface area contributed by atoms with Crippen LogP contribution in [-0.4, -0.2) is 39.6 Å². The van der Waals surface area contributed by atoms with Crippen molar-refractivity contribution in [2.75, 3.05) is 18.4 Å². The molecule has 27 heavy (non-hydrogen) atoms. The Balaban J connectivity index is 1.48. The minimum atomic E-state index is -0.383. The van der Waals surface area contributed by atoms with Crippen molar-refractivity contribution in [1.82, 2.24) is 14.7 Å². The first-order valence-corrected chi connectivity index (χ1v) is 9.90. The molecule has 1 aromatic heterocycles. The Hall–Kier alpha value is -2.34. The van der Waals surface area contributed by atoms with E-state index in [1.54, 1.807) is 10.9 Å². The van der Waals surface area contributed by atoms with Gasteiger partial charge in [0.15, 0.2) is 0 Å². The van der Waals surface area contributed by atoms with Gasteiger partial charge in [0, 0.05) is 30.1 Å². The molecule has 1 aromatic carbocycles. The lowest BCUT2D eigenvalue weighted by Crippen LogP contribution is -2.39. The molecule has 1 saturated heterocycles. The lowest BCUT2D eigenvalue weighted by Gasteiger charge is -2.27. The van der Waals surface area contributed by atoms with Gasteiger partial charge < -0.3 is 10.2 Å². The second-order valence-electron chi connectivity index (χ2n) is 7.28. The summed E-state index contributed by atoms with van der Waals surface area (Å²) < 4.78 is 1.78. The summed E-state index contributed by atoms with van der Waals surface area (Å²) >= 11 is 5.95. The number of fused-ring (bicyclic) bond motifs is 1. The van der Waals surface area contributed by atoms with Gasteiger partial charge in [0.1, 0.15) is 5.82 Å². The highest BCUT2D eigenvalue weighted by atomic mass is 35.5. The molecule has 0 saturated carbocycles. The van der Waals surface area contributed by atoms with Crippen LogP contribution < -0.4 is 5.32 Å². The van der Waals surface area contributed by atoms with E-state index in [4.69, 9.17) is 11.6 Å². The number of rotatable bonds is 3. The maximum Gasteiger partial charge on any atom is 0.231 e. The number of carbonyl (C=O) groups excluding carboxylic acids is 2. The monoisotopic (exact) mass is 386 g/mol. The van der Waals surface area contributed by atoms with E-state index in [9.17, 15) is 9.59 Å². The van der Waals surface area contributed by atoms with Crippen molar-refractivity contribution in [2.24, 2.45) is 5.92 Å². The Bertz CT molecular complexity index is 838. The molecule has 4 rings (SSSR count). The highest BCUT2D eigenvalue weighted by Crippen LogP contribution is 2.32. The largest absolute Gasteiger partial charge is 0.343 e. The maximum atomic E-state index is 12.6. The van der Waals surface area contributed by atoms with E-state index in [-0.39, 0.29) is 24.2 Å². The van der Waals surface area contributed by atoms with Crippen LogP contribution in [0.4, 0.5) is 5.82 Å². The van der Waals surface area contributed by atoms with Crippen LogP contribution in [-0.2, 0) is 16.1 Å². The predicted octanol–water partition coefficient (Wildman–Crippen LogP) is 3.56. The van der Waals surface area contributed by atoms with Crippen LogP contribution >= 0.6 is 11.6 Å². The van der Waals surface area contributed by atoms with Crippen molar-refractivity contribution in [3.05, 3.63) is 35.5 Å². The molecule has 0 bridgehead atoms. The molecular formula is C20H23ClN4O2. The molecule has 2 aliphatic heterocycles. The van der Waals surface area contributed by atoms with Gasteiger partial charge in [-0.05, 0) is 30.5 Å². The molecule has 0 unspecified atom stereocenters. The molecule has 0 spiro atoms. The second kappa shape index (κ2) is 7.72. The molecule has 0 aliphatic carbocycles. The number of hydrogen-bond acceptors (Lipinski definition) is 3. The number of likely N-dealkylation sites (tertiary alicyclic amines) is 1. The summed E-state index contributed by atoms with van der Waals surface area (Å²) in [6.45, 7) is 2.04. The van der Waals surface area contributed by atoms with Crippen molar-refractivity contribution in [3.63, 3.8) is 0 Å². The zero-order valence-corrected chi connectivity index (χ0v) is 15.9. The summed E-state index contributed by atoms with van der Waals surface area (Å²) in [6, 6.07) is 7.44. The number of nitrogens with one attached hydrogen (secondary N) is 1. The molecule has 142 valence electrons. The maximum absolute atomic E-state index is 12.6. The van der Waals surface area contributed by atoms with Gasteiger partial charge in [-0.25, -0.2) is 4.68 Å². The van der Waals surface area contributed by atoms with Crippen LogP contribution in [0.15, 0.2) is 30.5 Å². The summed E-state index contributed by atoms with van der Waals surface area (Å²) in [5.41, 5.74) is 1.80. The lowest BCUT2D eigenvalue weighted by molar-refractivity contribution is -0.135. The molecule has 6 nitrogen and oxygen atoms in total. The molecule has 1 fully saturated rings. The first-order chi connectivity index (χ1) is 13.1. The fraction of sp³-hybridized carbons (Fsp3) is 0.450. The van der Waals surface area contributed by atoms with Crippen molar-refractivity contribution in [1.29, 1.82) is 0 Å². The number of halogens is 1. The smallest absolute Gasteiger partial charge is 0.231 e. The number of amides is 2. The van der Waals surface area contributed by atoms with Gasteiger partial charge >= 0.3 is 0 Å². The molecule has 2 aromatic rings. The molecule has 1 N–H and O–H groups in total. The van der Waals surface area contributed by atoms with E-state index >= 15 is 0 Å². The number of hydrogen-bond donors (Lipinski definition) is 1. The molecule has 0 radical (unpaired) electrons. The molecule has 1 atom stereocenters. The Morgan fingerprint density at radius 1 is 1.15 bits per heavy atom. The number of anilines is 1. The molecule has 3 heterocycles. The van der Waals surface area contributed by atoms with Crippen LogP contribution in [0.2, 0.25) is 5.02 Å². The first kappa shape index (κ1) is 18.0. The van der Waals surface area contributed by atoms with E-state index in [1.165, 1.54) is 12.8 Å². The van der Waals surface area contributed by atoms with Gasteiger partial charge in [-0.1, -0.05) is 36.6 Å². The quantitative estimate of drug-likeness (QED) is 0.876. The number of carbonyl (C=O) groups is 2. The van der Waals surface area contributed by atoms with E-state index < -0.39 is 0 Å². The van der Waals surface area contributed by atoms with Crippen LogP contribution in [0.3, 0.4) is 0 Å². The lowest BCUT2D eigenvalue weighted by atomic mass is 10.0. The van der Waals surface area contributed by atoms with Crippen molar-refractivity contribution >= 4 is 29.2 Å². The fourth-order valence-corrected chi connectivity index (χ4v) is 3.95. The van der Waals surface area contributed by atoms with Crippen LogP contribution in [0.1, 0.15) is 32.1 Å². The van der Waals surface area contributed by atoms with Crippen LogP contribution in [0, 0.1) is 5.92 Å². The summed E-state index contributed by atoms with van der Waals surface area (Å²) in [4.78, 5) is 27.2. The summed E-state index contributed by atoms with van der Waals surface area (Å²) in [6.07, 6.45) is 6.45. The van der Waals surface area contributed by atoms with Crippen LogP contribution in [0.25, 0.3) is 11.1 Å². The Labute approximate surface area is 163 Å². The minimum absolute atomic E-state index is 0.0746. The molecule has 2 aliphatic rings. The van der Waals surface area contributed by atoms with Gasteiger partial charge in [-0.15, -0.1) is 0 Å². The van der Waals surface area contributed by atoms with Crippen LogP contribution in [0.5, 0.6) is 0 Å². The average molecular weight is 387 g/mol. The third kappa shape index (κ3) is 3.86. The topological polar surface area (TPSA) is 67.2 Å². The highest BCUT2D eigenvalue weighted by molar-refractivity contribution is 6.30. The standard InChI is InChI=1S/C20H23ClN4O2/c21-16-7-5-14(6-8-16)17-12-22-25-13-15(20(27)23-19(17)25)11-18(26)24-9-3-1-2-4-10-24/h5-8,12,15H,1-4,9-11,13H2,(H,23,27)/t15-/m1/s1. The van der Waals surface area contributed by atoms with Crippen molar-refractivity contribution < 1.29 is 9.59 Å². The van der Waals surface area contributed by atoms with Gasteiger partial charge in [0.2, 0.25) is 11.8 Å². The molecule has 7 heteroatoms. The summed E-state index contributed by atoms with van der Waals surface area (Å²) in [7, 11) is 0. The Morgan fingerprint density at radius 3 is 2.56 bits per heavy atom. The molecule has 2 amide bonds. The minimum Gasteiger partial charge on any atom is -0.343 e. The van der Waals surface area contributed by atoms with Gasteiger partial charge in [0.05, 0.1) is 18.7 Å². The van der Waals surface area contributed by atoms with Crippen molar-refractivity contribution in [3.8, 4) is 11.1 Å². The second-order valence-corrected chi connectivity index (χ2v) is 7.72. The average Bonchev–Trinajstić information content (AvgIpc) is 2.88. The van der Waals surface area contributed by atoms with E-state index in [0.717, 1.165) is 37.1 Å². The first-order valence-electron chi connectivity index (χ1n) is 9.52. The summed E-state index contributed by atoms with van der Waals surface area (Å²) in [5, 5.41) is 8.03. The highest BCUT2D eigenvalue weighted by Gasteiger charge is 2.32. The van der Waals surface area contributed by atoms with E-state index in [1.807, 2.05) is 29.2 Å². The van der Waals surface area contributed by atoms with Gasteiger partial charge in [0.25, 0.3) is 0 Å². The summed E-state index contributed by atoms with van der Waals surface area (Å²) in [5.74, 6) is 0.263. The van der Waals surface area contributed by atoms with E-state index in [2.05, 4.69) is 10.4 Å². The Morgan fingerprint density at radius 2 is 1.85 bits per heavy atom. The fourth-order valence-electron chi connectivity index (χ4n) is 3.82. The van der Waals surface area contributed by atoms with Crippen molar-refractivity contribution in [2.45, 2.75) is 38.6 Å². The predicted molar refractivity (Wildman–Crippen MR) is 104 cm³/mol. The SMILES string of the molecule is O=C1Nc2c(-c3ccc(Cl)cc3)cnn2C[C@H]1CC(=O)N1CCCCCC1. The number of nitrogens with zero attached hydrogens (tertiary/aromatic N) is 3. The van der Waals surface area contributed by atoms with Gasteiger partial charge in [-0.3, -0.25) is 9.59 Å². The zero-order chi connectivity index (χ0) is 18.8. The third-order valence-electron chi connectivity index (χ3n) is 5.38. The van der Waals surface area contributed by atoms with E-state index in [0.29, 0.717) is 17.4 Å². The molecular weight excluding hydrogens is 364 g/mol.